The van der Waals surface area contributed by atoms with E-state index in [9.17, 15) is 9.59 Å². The molecule has 1 atom stereocenters. The lowest BCUT2D eigenvalue weighted by molar-refractivity contribution is -0.137. The Labute approximate surface area is 114 Å². The van der Waals surface area contributed by atoms with Gasteiger partial charge in [-0.1, -0.05) is 12.1 Å². The van der Waals surface area contributed by atoms with Gasteiger partial charge in [-0.05, 0) is 39.8 Å². The molecule has 0 N–H and O–H groups in total. The average Bonchev–Trinajstić information content (AvgIpc) is 2.40. The van der Waals surface area contributed by atoms with E-state index in [-0.39, 0.29) is 11.7 Å². The maximum atomic E-state index is 12.1. The molecule has 4 heteroatoms. The van der Waals surface area contributed by atoms with E-state index in [1.54, 1.807) is 36.1 Å². The van der Waals surface area contributed by atoms with Crippen molar-refractivity contribution in [1.82, 2.24) is 4.90 Å². The molecule has 4 nitrogen and oxygen atoms in total. The SMILES string of the molecule is CCN(CC)C(=O)C(C)Oc1cccc(C(C)=O)c1. The third kappa shape index (κ3) is 4.09. The van der Waals surface area contributed by atoms with Gasteiger partial charge in [0, 0.05) is 18.7 Å². The van der Waals surface area contributed by atoms with Crippen LogP contribution in [0, 0.1) is 0 Å². The zero-order valence-corrected chi connectivity index (χ0v) is 12.0. The molecule has 0 fully saturated rings. The van der Waals surface area contributed by atoms with Gasteiger partial charge in [-0.15, -0.1) is 0 Å². The first-order chi connectivity index (χ1) is 8.99. The van der Waals surface area contributed by atoms with E-state index in [1.807, 2.05) is 13.8 Å². The first-order valence-corrected chi connectivity index (χ1v) is 6.56. The molecule has 0 saturated carbocycles. The van der Waals surface area contributed by atoms with E-state index < -0.39 is 6.10 Å². The van der Waals surface area contributed by atoms with Crippen LogP contribution in [0.1, 0.15) is 38.1 Å². The number of benzene rings is 1. The fraction of sp³-hybridized carbons (Fsp3) is 0.467. The molecule has 0 saturated heterocycles. The standard InChI is InChI=1S/C15H21NO3/c1-5-16(6-2)15(18)12(4)19-14-9-7-8-13(10-14)11(3)17/h7-10,12H,5-6H2,1-4H3. The van der Waals surface area contributed by atoms with E-state index in [1.165, 1.54) is 6.92 Å². The van der Waals surface area contributed by atoms with Gasteiger partial charge in [-0.25, -0.2) is 0 Å². The zero-order chi connectivity index (χ0) is 14.4. The molecular formula is C15H21NO3. The number of amides is 1. The smallest absolute Gasteiger partial charge is 0.263 e. The van der Waals surface area contributed by atoms with Crippen molar-refractivity contribution in [3.63, 3.8) is 0 Å². The number of ether oxygens (including phenoxy) is 1. The van der Waals surface area contributed by atoms with Crippen molar-refractivity contribution < 1.29 is 14.3 Å². The highest BCUT2D eigenvalue weighted by molar-refractivity contribution is 5.94. The number of ketones is 1. The second kappa shape index (κ2) is 6.92. The molecule has 0 radical (unpaired) electrons. The highest BCUT2D eigenvalue weighted by Gasteiger charge is 2.19. The van der Waals surface area contributed by atoms with Crippen LogP contribution in [0.2, 0.25) is 0 Å². The Morgan fingerprint density at radius 1 is 1.26 bits per heavy atom. The van der Waals surface area contributed by atoms with Crippen LogP contribution in [0.5, 0.6) is 5.75 Å². The van der Waals surface area contributed by atoms with Gasteiger partial charge in [0.1, 0.15) is 5.75 Å². The van der Waals surface area contributed by atoms with Crippen LogP contribution in [0.3, 0.4) is 0 Å². The van der Waals surface area contributed by atoms with Crippen LogP contribution >= 0.6 is 0 Å². The predicted octanol–water partition coefficient (Wildman–Crippen LogP) is 2.52. The van der Waals surface area contributed by atoms with Gasteiger partial charge in [0.25, 0.3) is 5.91 Å². The third-order valence-corrected chi connectivity index (χ3v) is 2.98. The summed E-state index contributed by atoms with van der Waals surface area (Å²) in [7, 11) is 0. The van der Waals surface area contributed by atoms with Crippen molar-refractivity contribution in [2.45, 2.75) is 33.8 Å². The summed E-state index contributed by atoms with van der Waals surface area (Å²) in [4.78, 5) is 25.1. The Bertz CT molecular complexity index is 452. The number of hydrogen-bond donors (Lipinski definition) is 0. The summed E-state index contributed by atoms with van der Waals surface area (Å²) in [5, 5.41) is 0. The second-order valence-corrected chi connectivity index (χ2v) is 4.35. The summed E-state index contributed by atoms with van der Waals surface area (Å²) >= 11 is 0. The Kier molecular flexibility index (Phi) is 5.55. The van der Waals surface area contributed by atoms with E-state index in [0.717, 1.165) is 0 Å². The normalized spacial score (nSPS) is 11.8. The number of likely N-dealkylation sites (N-methyl/N-ethyl adjacent to an activating group) is 1. The lowest BCUT2D eigenvalue weighted by Crippen LogP contribution is -2.40. The first kappa shape index (κ1) is 15.2. The van der Waals surface area contributed by atoms with Crippen LogP contribution in [-0.4, -0.2) is 35.8 Å². The van der Waals surface area contributed by atoms with Gasteiger partial charge in [0.2, 0.25) is 0 Å². The number of Topliss-reactive ketones (excluding diaryl/α,β-unsaturated/α-hetero) is 1. The van der Waals surface area contributed by atoms with Gasteiger partial charge >= 0.3 is 0 Å². The Balaban J connectivity index is 2.76. The fourth-order valence-corrected chi connectivity index (χ4v) is 1.84. The predicted molar refractivity (Wildman–Crippen MR) is 74.5 cm³/mol. The Morgan fingerprint density at radius 2 is 1.89 bits per heavy atom. The summed E-state index contributed by atoms with van der Waals surface area (Å²) in [5.74, 6) is 0.479. The molecular weight excluding hydrogens is 242 g/mol. The van der Waals surface area contributed by atoms with Crippen LogP contribution in [0.4, 0.5) is 0 Å². The van der Waals surface area contributed by atoms with E-state index >= 15 is 0 Å². The summed E-state index contributed by atoms with van der Waals surface area (Å²) in [6.07, 6.45) is -0.554. The molecule has 1 aromatic carbocycles. The molecule has 0 aliphatic heterocycles. The van der Waals surface area contributed by atoms with Crippen LogP contribution in [-0.2, 0) is 4.79 Å². The van der Waals surface area contributed by atoms with Gasteiger partial charge in [0.05, 0.1) is 0 Å². The van der Waals surface area contributed by atoms with E-state index in [4.69, 9.17) is 4.74 Å². The fourth-order valence-electron chi connectivity index (χ4n) is 1.84. The largest absolute Gasteiger partial charge is 0.481 e. The molecule has 0 bridgehead atoms. The van der Waals surface area contributed by atoms with E-state index in [2.05, 4.69) is 0 Å². The molecule has 1 unspecified atom stereocenters. The zero-order valence-electron chi connectivity index (χ0n) is 12.0. The monoisotopic (exact) mass is 263 g/mol. The molecule has 0 heterocycles. The molecule has 104 valence electrons. The Hall–Kier alpha value is -1.84. The molecule has 0 aliphatic rings. The number of carbonyl (C=O) groups excluding carboxylic acids is 2. The summed E-state index contributed by atoms with van der Waals surface area (Å²) in [6, 6.07) is 6.89. The van der Waals surface area contributed by atoms with Crippen molar-refractivity contribution in [2.24, 2.45) is 0 Å². The molecule has 1 aromatic rings. The molecule has 0 spiro atoms. The average molecular weight is 263 g/mol. The van der Waals surface area contributed by atoms with Crippen LogP contribution in [0.15, 0.2) is 24.3 Å². The summed E-state index contributed by atoms with van der Waals surface area (Å²) in [6.45, 7) is 8.42. The molecule has 1 amide bonds. The minimum Gasteiger partial charge on any atom is -0.481 e. The Morgan fingerprint density at radius 3 is 2.42 bits per heavy atom. The first-order valence-electron chi connectivity index (χ1n) is 6.56. The van der Waals surface area contributed by atoms with Crippen molar-refractivity contribution in [2.75, 3.05) is 13.1 Å². The van der Waals surface area contributed by atoms with Crippen LogP contribution < -0.4 is 4.74 Å². The lowest BCUT2D eigenvalue weighted by atomic mass is 10.1. The minimum absolute atomic E-state index is 0.0202. The quantitative estimate of drug-likeness (QED) is 0.741. The number of hydrogen-bond acceptors (Lipinski definition) is 3. The summed E-state index contributed by atoms with van der Waals surface area (Å²) < 4.78 is 5.61. The molecule has 19 heavy (non-hydrogen) atoms. The minimum atomic E-state index is -0.554. The lowest BCUT2D eigenvalue weighted by Gasteiger charge is -2.23. The molecule has 0 aromatic heterocycles. The second-order valence-electron chi connectivity index (χ2n) is 4.35. The van der Waals surface area contributed by atoms with Gasteiger partial charge in [-0.3, -0.25) is 9.59 Å². The topological polar surface area (TPSA) is 46.6 Å². The van der Waals surface area contributed by atoms with E-state index in [0.29, 0.717) is 24.4 Å². The highest BCUT2D eigenvalue weighted by atomic mass is 16.5. The van der Waals surface area contributed by atoms with Crippen molar-refractivity contribution in [1.29, 1.82) is 0 Å². The van der Waals surface area contributed by atoms with Crippen molar-refractivity contribution >= 4 is 11.7 Å². The third-order valence-electron chi connectivity index (χ3n) is 2.98. The van der Waals surface area contributed by atoms with Gasteiger partial charge < -0.3 is 9.64 Å². The summed E-state index contributed by atoms with van der Waals surface area (Å²) in [5.41, 5.74) is 0.583. The van der Waals surface area contributed by atoms with Crippen molar-refractivity contribution in [3.05, 3.63) is 29.8 Å². The number of nitrogens with zero attached hydrogens (tertiary/aromatic N) is 1. The number of rotatable bonds is 6. The van der Waals surface area contributed by atoms with Gasteiger partial charge in [0.15, 0.2) is 11.9 Å². The molecule has 1 rings (SSSR count). The maximum Gasteiger partial charge on any atom is 0.263 e. The number of carbonyl (C=O) groups is 2. The highest BCUT2D eigenvalue weighted by Crippen LogP contribution is 2.16. The van der Waals surface area contributed by atoms with Gasteiger partial charge in [-0.2, -0.15) is 0 Å². The maximum absolute atomic E-state index is 12.1. The molecule has 0 aliphatic carbocycles. The van der Waals surface area contributed by atoms with Crippen molar-refractivity contribution in [3.8, 4) is 5.75 Å². The van der Waals surface area contributed by atoms with Crippen LogP contribution in [0.25, 0.3) is 0 Å².